The van der Waals surface area contributed by atoms with Gasteiger partial charge in [0.25, 0.3) is 5.91 Å². The Morgan fingerprint density at radius 1 is 1.10 bits per heavy atom. The van der Waals surface area contributed by atoms with Gasteiger partial charge < -0.3 is 15.4 Å². The summed E-state index contributed by atoms with van der Waals surface area (Å²) in [6.07, 6.45) is 1.94. The second-order valence-corrected chi connectivity index (χ2v) is 8.37. The molecule has 0 radical (unpaired) electrons. The predicted octanol–water partition coefficient (Wildman–Crippen LogP) is 4.17. The van der Waals surface area contributed by atoms with Crippen molar-refractivity contribution in [2.24, 2.45) is 5.92 Å². The number of aryl methyl sites for hydroxylation is 1. The molecule has 3 aromatic carbocycles. The minimum atomic E-state index is -0.265. The molecule has 4 heteroatoms. The second-order valence-electron chi connectivity index (χ2n) is 8.37. The minimum Gasteiger partial charge on any atom is -0.493 e. The molecule has 1 amide bonds. The molecule has 5 rings (SSSR count). The van der Waals surface area contributed by atoms with E-state index in [0.29, 0.717) is 18.1 Å². The lowest BCUT2D eigenvalue weighted by atomic mass is 9.96. The summed E-state index contributed by atoms with van der Waals surface area (Å²) in [6, 6.07) is 20.6. The van der Waals surface area contributed by atoms with Crippen LogP contribution < -0.4 is 15.4 Å². The minimum absolute atomic E-state index is 0.0244. The number of hydrogen-bond donors (Lipinski definition) is 2. The van der Waals surface area contributed by atoms with E-state index in [1.807, 2.05) is 25.1 Å². The smallest absolute Gasteiger partial charge is 0.252 e. The quantitative estimate of drug-likeness (QED) is 0.669. The monoisotopic (exact) mass is 386 g/mol. The number of amides is 1. The van der Waals surface area contributed by atoms with E-state index in [1.54, 1.807) is 0 Å². The summed E-state index contributed by atoms with van der Waals surface area (Å²) in [5.74, 6) is 1.31. The van der Waals surface area contributed by atoms with E-state index in [9.17, 15) is 4.79 Å². The highest BCUT2D eigenvalue weighted by atomic mass is 16.5. The lowest BCUT2D eigenvalue weighted by Gasteiger charge is -2.27. The van der Waals surface area contributed by atoms with Crippen molar-refractivity contribution >= 4 is 16.7 Å². The fourth-order valence-corrected chi connectivity index (χ4v) is 4.13. The number of nitrogens with one attached hydrogen (secondary N) is 2. The average Bonchev–Trinajstić information content (AvgIpc) is 3.48. The van der Waals surface area contributed by atoms with E-state index < -0.39 is 0 Å². The van der Waals surface area contributed by atoms with Crippen LogP contribution in [0.2, 0.25) is 0 Å². The van der Waals surface area contributed by atoms with Crippen molar-refractivity contribution in [3.63, 3.8) is 0 Å². The topological polar surface area (TPSA) is 50.4 Å². The van der Waals surface area contributed by atoms with Gasteiger partial charge in [0.15, 0.2) is 0 Å². The number of benzene rings is 3. The number of ether oxygens (including phenoxy) is 1. The first-order chi connectivity index (χ1) is 14.1. The van der Waals surface area contributed by atoms with E-state index in [2.05, 4.69) is 53.1 Å². The van der Waals surface area contributed by atoms with Crippen LogP contribution in [0.1, 0.15) is 34.3 Å². The molecule has 1 heterocycles. The van der Waals surface area contributed by atoms with Gasteiger partial charge in [-0.25, -0.2) is 0 Å². The Morgan fingerprint density at radius 3 is 2.66 bits per heavy atom. The first kappa shape index (κ1) is 18.2. The van der Waals surface area contributed by atoms with E-state index in [0.717, 1.165) is 37.2 Å². The molecule has 2 fully saturated rings. The molecule has 1 saturated heterocycles. The third-order valence-corrected chi connectivity index (χ3v) is 6.21. The molecule has 1 aliphatic carbocycles. The van der Waals surface area contributed by atoms with E-state index in [-0.39, 0.29) is 11.4 Å². The van der Waals surface area contributed by atoms with Gasteiger partial charge in [0.2, 0.25) is 0 Å². The zero-order valence-corrected chi connectivity index (χ0v) is 16.7. The van der Waals surface area contributed by atoms with Gasteiger partial charge in [0, 0.05) is 24.6 Å². The van der Waals surface area contributed by atoms with Crippen LogP contribution in [0, 0.1) is 12.8 Å². The maximum absolute atomic E-state index is 13.2. The maximum Gasteiger partial charge on any atom is 0.252 e. The van der Waals surface area contributed by atoms with Crippen LogP contribution >= 0.6 is 0 Å². The molecular weight excluding hydrogens is 360 g/mol. The number of carbonyl (C=O) groups is 1. The molecule has 29 heavy (non-hydrogen) atoms. The molecule has 148 valence electrons. The van der Waals surface area contributed by atoms with Gasteiger partial charge in [-0.3, -0.25) is 4.79 Å². The number of carbonyl (C=O) groups excluding carboxylic acids is 1. The normalized spacial score (nSPS) is 17.6. The van der Waals surface area contributed by atoms with Crippen molar-refractivity contribution in [1.82, 2.24) is 10.6 Å². The second kappa shape index (κ2) is 7.20. The van der Waals surface area contributed by atoms with Crippen molar-refractivity contribution in [2.45, 2.75) is 25.3 Å². The zero-order valence-electron chi connectivity index (χ0n) is 16.7. The molecule has 0 unspecified atom stereocenters. The van der Waals surface area contributed by atoms with Gasteiger partial charge in [0.05, 0.1) is 12.1 Å². The highest BCUT2D eigenvalue weighted by Gasteiger charge is 2.46. The first-order valence-electron chi connectivity index (χ1n) is 10.4. The predicted molar refractivity (Wildman–Crippen MR) is 115 cm³/mol. The van der Waals surface area contributed by atoms with E-state index in [4.69, 9.17) is 4.74 Å². The van der Waals surface area contributed by atoms with Crippen molar-refractivity contribution in [3.8, 4) is 5.75 Å². The molecule has 0 atom stereocenters. The van der Waals surface area contributed by atoms with Crippen molar-refractivity contribution < 1.29 is 9.53 Å². The van der Waals surface area contributed by atoms with Gasteiger partial charge in [-0.15, -0.1) is 0 Å². The molecule has 1 saturated carbocycles. The lowest BCUT2D eigenvalue weighted by molar-refractivity contribution is 0.0930. The summed E-state index contributed by atoms with van der Waals surface area (Å²) in [6.45, 7) is 4.68. The summed E-state index contributed by atoms with van der Waals surface area (Å²) in [5.41, 5.74) is 2.61. The van der Waals surface area contributed by atoms with Crippen LogP contribution in [0.25, 0.3) is 10.8 Å². The molecule has 0 bridgehead atoms. The SMILES string of the molecule is Cc1ccc(OCC2CNC2)cc1C(=O)NC1(c2cccc3ccccc23)CC1. The largest absolute Gasteiger partial charge is 0.493 e. The van der Waals surface area contributed by atoms with Gasteiger partial charge in [-0.1, -0.05) is 48.5 Å². The fraction of sp³-hybridized carbons (Fsp3) is 0.320. The van der Waals surface area contributed by atoms with Crippen LogP contribution in [0.5, 0.6) is 5.75 Å². The summed E-state index contributed by atoms with van der Waals surface area (Å²) < 4.78 is 5.92. The van der Waals surface area contributed by atoms with Crippen molar-refractivity contribution in [2.75, 3.05) is 19.7 Å². The van der Waals surface area contributed by atoms with Gasteiger partial charge in [-0.2, -0.15) is 0 Å². The molecule has 2 N–H and O–H groups in total. The Bertz CT molecular complexity index is 1060. The average molecular weight is 386 g/mol. The van der Waals surface area contributed by atoms with E-state index in [1.165, 1.54) is 16.3 Å². The summed E-state index contributed by atoms with van der Waals surface area (Å²) in [4.78, 5) is 13.2. The highest BCUT2D eigenvalue weighted by molar-refractivity contribution is 5.97. The fourth-order valence-electron chi connectivity index (χ4n) is 4.13. The van der Waals surface area contributed by atoms with Gasteiger partial charge in [-0.05, 0) is 53.8 Å². The molecule has 0 spiro atoms. The Kier molecular flexibility index (Phi) is 4.51. The molecule has 3 aromatic rings. The third kappa shape index (κ3) is 3.49. The molecule has 1 aliphatic heterocycles. The lowest BCUT2D eigenvalue weighted by Crippen LogP contribution is -2.45. The Morgan fingerprint density at radius 2 is 1.90 bits per heavy atom. The summed E-state index contributed by atoms with van der Waals surface area (Å²) >= 11 is 0. The van der Waals surface area contributed by atoms with Crippen molar-refractivity contribution in [1.29, 1.82) is 0 Å². The van der Waals surface area contributed by atoms with Gasteiger partial charge >= 0.3 is 0 Å². The van der Waals surface area contributed by atoms with Crippen LogP contribution in [0.15, 0.2) is 60.7 Å². The number of rotatable bonds is 6. The summed E-state index contributed by atoms with van der Waals surface area (Å²) in [5, 5.41) is 9.02. The highest BCUT2D eigenvalue weighted by Crippen LogP contribution is 2.48. The Hall–Kier alpha value is -2.85. The third-order valence-electron chi connectivity index (χ3n) is 6.21. The standard InChI is InChI=1S/C25H26N2O2/c1-17-9-10-20(29-16-18-14-26-15-18)13-22(17)24(28)27-25(11-12-25)23-8-4-6-19-5-2-3-7-21(19)23/h2-10,13,18,26H,11-12,14-16H2,1H3,(H,27,28). The van der Waals surface area contributed by atoms with Crippen LogP contribution in [0.4, 0.5) is 0 Å². The van der Waals surface area contributed by atoms with Crippen LogP contribution in [-0.4, -0.2) is 25.6 Å². The molecule has 0 aromatic heterocycles. The van der Waals surface area contributed by atoms with Crippen LogP contribution in [0.3, 0.4) is 0 Å². The number of hydrogen-bond acceptors (Lipinski definition) is 3. The van der Waals surface area contributed by atoms with Gasteiger partial charge in [0.1, 0.15) is 5.75 Å². The van der Waals surface area contributed by atoms with Crippen molar-refractivity contribution in [3.05, 3.63) is 77.4 Å². The van der Waals surface area contributed by atoms with E-state index >= 15 is 0 Å². The Balaban J connectivity index is 1.38. The van der Waals surface area contributed by atoms with Crippen LogP contribution in [-0.2, 0) is 5.54 Å². The zero-order chi connectivity index (χ0) is 19.8. The molecule has 4 nitrogen and oxygen atoms in total. The molecule has 2 aliphatic rings. The molecular formula is C25H26N2O2. The first-order valence-corrected chi connectivity index (χ1v) is 10.4. The summed E-state index contributed by atoms with van der Waals surface area (Å²) in [7, 11) is 0. The maximum atomic E-state index is 13.2. The Labute approximate surface area is 171 Å². The number of fused-ring (bicyclic) bond motifs is 1.